The standard InChI is InChI=1S/C18H29N3O/c1-18(2,3)13-17(22)20-16-8-6-5-7-15(16)19-14-9-11-21(4)12-10-14/h5-8,14,19H,9-13H2,1-4H3,(H,20,22). The Balaban J connectivity index is 1.99. The summed E-state index contributed by atoms with van der Waals surface area (Å²) in [7, 11) is 2.16. The third-order valence-electron chi connectivity index (χ3n) is 3.97. The van der Waals surface area contributed by atoms with Crippen LogP contribution in [0.15, 0.2) is 24.3 Å². The van der Waals surface area contributed by atoms with E-state index in [2.05, 4.69) is 43.4 Å². The molecule has 1 heterocycles. The van der Waals surface area contributed by atoms with Gasteiger partial charge < -0.3 is 15.5 Å². The Morgan fingerprint density at radius 1 is 1.18 bits per heavy atom. The molecule has 4 heteroatoms. The summed E-state index contributed by atoms with van der Waals surface area (Å²) in [4.78, 5) is 14.5. The van der Waals surface area contributed by atoms with Crippen LogP contribution in [0, 0.1) is 5.41 Å². The molecule has 122 valence electrons. The maximum atomic E-state index is 12.2. The average Bonchev–Trinajstić information content (AvgIpc) is 2.41. The number of hydrogen-bond donors (Lipinski definition) is 2. The van der Waals surface area contributed by atoms with Gasteiger partial charge in [-0.05, 0) is 50.5 Å². The van der Waals surface area contributed by atoms with Crippen molar-refractivity contribution in [3.05, 3.63) is 24.3 Å². The molecule has 0 aliphatic carbocycles. The highest BCUT2D eigenvalue weighted by Crippen LogP contribution is 2.26. The maximum Gasteiger partial charge on any atom is 0.224 e. The zero-order valence-electron chi connectivity index (χ0n) is 14.3. The molecule has 0 spiro atoms. The summed E-state index contributed by atoms with van der Waals surface area (Å²) < 4.78 is 0. The molecule has 0 bridgehead atoms. The number of piperidine rings is 1. The quantitative estimate of drug-likeness (QED) is 0.894. The molecule has 4 nitrogen and oxygen atoms in total. The largest absolute Gasteiger partial charge is 0.381 e. The SMILES string of the molecule is CN1CCC(Nc2ccccc2NC(=O)CC(C)(C)C)CC1. The highest BCUT2D eigenvalue weighted by atomic mass is 16.1. The lowest BCUT2D eigenvalue weighted by atomic mass is 9.92. The van der Waals surface area contributed by atoms with Crippen LogP contribution in [0.3, 0.4) is 0 Å². The molecule has 1 fully saturated rings. The van der Waals surface area contributed by atoms with Crippen LogP contribution >= 0.6 is 0 Å². The molecule has 0 saturated carbocycles. The van der Waals surface area contributed by atoms with Crippen LogP contribution in [0.4, 0.5) is 11.4 Å². The first-order chi connectivity index (χ1) is 10.3. The molecule has 0 unspecified atom stereocenters. The van der Waals surface area contributed by atoms with Crippen molar-refractivity contribution in [3.63, 3.8) is 0 Å². The van der Waals surface area contributed by atoms with Crippen molar-refractivity contribution in [1.82, 2.24) is 4.90 Å². The Kier molecular flexibility index (Phi) is 5.46. The fourth-order valence-corrected chi connectivity index (χ4v) is 2.77. The number of rotatable bonds is 4. The van der Waals surface area contributed by atoms with Crippen LogP contribution in [0.25, 0.3) is 0 Å². The van der Waals surface area contributed by atoms with E-state index in [0.717, 1.165) is 37.3 Å². The smallest absolute Gasteiger partial charge is 0.224 e. The number of likely N-dealkylation sites (tertiary alicyclic amines) is 1. The number of amides is 1. The Labute approximate surface area is 134 Å². The minimum Gasteiger partial charge on any atom is -0.381 e. The van der Waals surface area contributed by atoms with Gasteiger partial charge in [0.1, 0.15) is 0 Å². The second-order valence-electron chi connectivity index (χ2n) is 7.55. The highest BCUT2D eigenvalue weighted by molar-refractivity contribution is 5.94. The molecule has 1 amide bonds. The predicted molar refractivity (Wildman–Crippen MR) is 93.3 cm³/mol. The molecule has 1 aromatic rings. The van der Waals surface area contributed by atoms with Gasteiger partial charge in [0.15, 0.2) is 0 Å². The van der Waals surface area contributed by atoms with E-state index in [-0.39, 0.29) is 11.3 Å². The fourth-order valence-electron chi connectivity index (χ4n) is 2.77. The lowest BCUT2D eigenvalue weighted by molar-refractivity contribution is -0.117. The van der Waals surface area contributed by atoms with Crippen molar-refractivity contribution in [1.29, 1.82) is 0 Å². The van der Waals surface area contributed by atoms with E-state index in [0.29, 0.717) is 12.5 Å². The van der Waals surface area contributed by atoms with Gasteiger partial charge in [-0.1, -0.05) is 32.9 Å². The van der Waals surface area contributed by atoms with Crippen LogP contribution in [0.1, 0.15) is 40.0 Å². The number of para-hydroxylation sites is 2. The third-order valence-corrected chi connectivity index (χ3v) is 3.97. The number of benzene rings is 1. The molecular weight excluding hydrogens is 274 g/mol. The summed E-state index contributed by atoms with van der Waals surface area (Å²) in [5, 5.41) is 6.65. The molecule has 0 atom stereocenters. The number of anilines is 2. The normalized spacial score (nSPS) is 17.3. The van der Waals surface area contributed by atoms with Gasteiger partial charge in [-0.25, -0.2) is 0 Å². The van der Waals surface area contributed by atoms with E-state index in [1.807, 2.05) is 24.3 Å². The molecule has 0 radical (unpaired) electrons. The van der Waals surface area contributed by atoms with Crippen LogP contribution in [0.2, 0.25) is 0 Å². The van der Waals surface area contributed by atoms with Crippen LogP contribution in [-0.2, 0) is 4.79 Å². The zero-order chi connectivity index (χ0) is 16.2. The van der Waals surface area contributed by atoms with E-state index in [9.17, 15) is 4.79 Å². The lowest BCUT2D eigenvalue weighted by Crippen LogP contribution is -2.36. The molecule has 1 aromatic carbocycles. The van der Waals surface area contributed by atoms with Gasteiger partial charge in [0.25, 0.3) is 0 Å². The maximum absolute atomic E-state index is 12.2. The minimum absolute atomic E-state index is 0.000407. The molecule has 1 aliphatic rings. The number of carbonyl (C=O) groups is 1. The first kappa shape index (κ1) is 16.8. The summed E-state index contributed by atoms with van der Waals surface area (Å²) in [5.74, 6) is 0.0742. The molecular formula is C18H29N3O. The van der Waals surface area contributed by atoms with E-state index in [1.165, 1.54) is 0 Å². The Bertz CT molecular complexity index is 499. The van der Waals surface area contributed by atoms with Crippen molar-refractivity contribution in [2.75, 3.05) is 30.8 Å². The summed E-state index contributed by atoms with van der Waals surface area (Å²) in [6, 6.07) is 8.48. The van der Waals surface area contributed by atoms with E-state index < -0.39 is 0 Å². The highest BCUT2D eigenvalue weighted by Gasteiger charge is 2.19. The lowest BCUT2D eigenvalue weighted by Gasteiger charge is -2.30. The van der Waals surface area contributed by atoms with Crippen molar-refractivity contribution in [2.45, 2.75) is 46.1 Å². The second-order valence-corrected chi connectivity index (χ2v) is 7.55. The van der Waals surface area contributed by atoms with Crippen molar-refractivity contribution in [2.24, 2.45) is 5.41 Å². The topological polar surface area (TPSA) is 44.4 Å². The zero-order valence-corrected chi connectivity index (χ0v) is 14.3. The summed E-state index contributed by atoms with van der Waals surface area (Å²) in [6.45, 7) is 8.48. The fraction of sp³-hybridized carbons (Fsp3) is 0.611. The minimum atomic E-state index is 0.000407. The van der Waals surface area contributed by atoms with Crippen molar-refractivity contribution < 1.29 is 4.79 Å². The van der Waals surface area contributed by atoms with E-state index in [4.69, 9.17) is 0 Å². The molecule has 1 saturated heterocycles. The number of nitrogens with one attached hydrogen (secondary N) is 2. The van der Waals surface area contributed by atoms with Crippen molar-refractivity contribution >= 4 is 17.3 Å². The van der Waals surface area contributed by atoms with Gasteiger partial charge in [0, 0.05) is 12.5 Å². The molecule has 1 aliphatic heterocycles. The van der Waals surface area contributed by atoms with Gasteiger partial charge in [-0.3, -0.25) is 4.79 Å². The van der Waals surface area contributed by atoms with E-state index in [1.54, 1.807) is 0 Å². The molecule has 0 aromatic heterocycles. The first-order valence-electron chi connectivity index (χ1n) is 8.17. The van der Waals surface area contributed by atoms with Gasteiger partial charge in [-0.2, -0.15) is 0 Å². The van der Waals surface area contributed by atoms with Crippen molar-refractivity contribution in [3.8, 4) is 0 Å². The van der Waals surface area contributed by atoms with Gasteiger partial charge >= 0.3 is 0 Å². The van der Waals surface area contributed by atoms with E-state index >= 15 is 0 Å². The molecule has 2 rings (SSSR count). The number of hydrogen-bond acceptors (Lipinski definition) is 3. The molecule has 2 N–H and O–H groups in total. The monoisotopic (exact) mass is 303 g/mol. The molecule has 22 heavy (non-hydrogen) atoms. The Morgan fingerprint density at radius 2 is 1.77 bits per heavy atom. The number of nitrogens with zero attached hydrogens (tertiary/aromatic N) is 1. The summed E-state index contributed by atoms with van der Waals surface area (Å²) in [5.41, 5.74) is 1.91. The Hall–Kier alpha value is -1.55. The van der Waals surface area contributed by atoms with Crippen LogP contribution in [0.5, 0.6) is 0 Å². The second kappa shape index (κ2) is 7.14. The van der Waals surface area contributed by atoms with Crippen LogP contribution in [-0.4, -0.2) is 37.0 Å². The third kappa shape index (κ3) is 5.34. The van der Waals surface area contributed by atoms with Gasteiger partial charge in [0.2, 0.25) is 5.91 Å². The average molecular weight is 303 g/mol. The predicted octanol–water partition coefficient (Wildman–Crippen LogP) is 3.57. The first-order valence-corrected chi connectivity index (χ1v) is 8.17. The summed E-state index contributed by atoms with van der Waals surface area (Å²) in [6.07, 6.45) is 2.80. The van der Waals surface area contributed by atoms with Crippen LogP contribution < -0.4 is 10.6 Å². The van der Waals surface area contributed by atoms with Gasteiger partial charge in [0.05, 0.1) is 11.4 Å². The summed E-state index contributed by atoms with van der Waals surface area (Å²) >= 11 is 0. The Morgan fingerprint density at radius 3 is 2.36 bits per heavy atom. The van der Waals surface area contributed by atoms with Gasteiger partial charge in [-0.15, -0.1) is 0 Å². The number of carbonyl (C=O) groups excluding carboxylic acids is 1.